The summed E-state index contributed by atoms with van der Waals surface area (Å²) in [6.07, 6.45) is 1.65. The van der Waals surface area contributed by atoms with E-state index in [-0.39, 0.29) is 6.61 Å². The number of anilines is 1. The maximum Gasteiger partial charge on any atom is 0.130 e. The van der Waals surface area contributed by atoms with Gasteiger partial charge in [-0.3, -0.25) is 0 Å². The Morgan fingerprint density at radius 1 is 1.67 bits per heavy atom. The van der Waals surface area contributed by atoms with Crippen LogP contribution in [-0.4, -0.2) is 23.2 Å². The molecule has 0 aliphatic carbocycles. The molecule has 0 bridgehead atoms. The van der Waals surface area contributed by atoms with Crippen LogP contribution >= 0.6 is 34.2 Å². The average Bonchev–Trinajstić information content (AvgIpc) is 2.03. The SMILES string of the molecule is OCCNc1cnc(Cl)cc1I. The molecule has 0 atom stereocenters. The molecule has 0 fully saturated rings. The normalized spacial score (nSPS) is 9.92. The van der Waals surface area contributed by atoms with Gasteiger partial charge in [-0.1, -0.05) is 11.6 Å². The molecular weight excluding hydrogens is 290 g/mol. The smallest absolute Gasteiger partial charge is 0.130 e. The molecule has 0 unspecified atom stereocenters. The van der Waals surface area contributed by atoms with Crippen LogP contribution in [0.4, 0.5) is 5.69 Å². The Hall–Kier alpha value is -0.0700. The van der Waals surface area contributed by atoms with E-state index in [1.165, 1.54) is 0 Å². The summed E-state index contributed by atoms with van der Waals surface area (Å²) in [5.74, 6) is 0. The highest BCUT2D eigenvalue weighted by Gasteiger charge is 1.99. The summed E-state index contributed by atoms with van der Waals surface area (Å²) in [7, 11) is 0. The maximum absolute atomic E-state index is 8.56. The van der Waals surface area contributed by atoms with E-state index in [2.05, 4.69) is 32.9 Å². The van der Waals surface area contributed by atoms with Crippen molar-refractivity contribution in [2.45, 2.75) is 0 Å². The molecule has 3 nitrogen and oxygen atoms in total. The minimum Gasteiger partial charge on any atom is -0.395 e. The predicted octanol–water partition coefficient (Wildman–Crippen LogP) is 1.74. The van der Waals surface area contributed by atoms with Gasteiger partial charge in [-0.25, -0.2) is 4.98 Å². The molecule has 0 aromatic carbocycles. The van der Waals surface area contributed by atoms with Gasteiger partial charge < -0.3 is 10.4 Å². The second-order valence-electron chi connectivity index (χ2n) is 2.14. The van der Waals surface area contributed by atoms with E-state index >= 15 is 0 Å². The molecule has 2 N–H and O–H groups in total. The van der Waals surface area contributed by atoms with Gasteiger partial charge in [-0.05, 0) is 28.7 Å². The highest BCUT2D eigenvalue weighted by Crippen LogP contribution is 2.19. The lowest BCUT2D eigenvalue weighted by atomic mass is 10.4. The number of aliphatic hydroxyl groups excluding tert-OH is 1. The quantitative estimate of drug-likeness (QED) is 0.660. The first-order chi connectivity index (χ1) is 5.74. The first kappa shape index (κ1) is 10.0. The lowest BCUT2D eigenvalue weighted by Gasteiger charge is -2.05. The second-order valence-corrected chi connectivity index (χ2v) is 3.69. The van der Waals surface area contributed by atoms with Crippen molar-refractivity contribution in [3.8, 4) is 0 Å². The summed E-state index contributed by atoms with van der Waals surface area (Å²) in [5.41, 5.74) is 0.897. The maximum atomic E-state index is 8.56. The molecule has 1 aromatic rings. The number of hydrogen-bond acceptors (Lipinski definition) is 3. The van der Waals surface area contributed by atoms with Gasteiger partial charge in [0.1, 0.15) is 5.15 Å². The van der Waals surface area contributed by atoms with Crippen molar-refractivity contribution in [2.24, 2.45) is 0 Å². The highest BCUT2D eigenvalue weighted by atomic mass is 127. The van der Waals surface area contributed by atoms with Crippen LogP contribution in [0.3, 0.4) is 0 Å². The molecule has 12 heavy (non-hydrogen) atoms. The number of rotatable bonds is 3. The third-order valence-corrected chi connectivity index (χ3v) is 2.35. The summed E-state index contributed by atoms with van der Waals surface area (Å²) in [6.45, 7) is 0.637. The van der Waals surface area contributed by atoms with Gasteiger partial charge in [-0.15, -0.1) is 0 Å². The molecule has 0 aliphatic heterocycles. The Kier molecular flexibility index (Phi) is 4.03. The van der Waals surface area contributed by atoms with Crippen LogP contribution in [-0.2, 0) is 0 Å². The van der Waals surface area contributed by atoms with Crippen LogP contribution in [0.2, 0.25) is 5.15 Å². The molecule has 0 aliphatic rings. The molecule has 66 valence electrons. The summed E-state index contributed by atoms with van der Waals surface area (Å²) in [5, 5.41) is 12.1. The summed E-state index contributed by atoms with van der Waals surface area (Å²) in [4.78, 5) is 3.91. The van der Waals surface area contributed by atoms with Gasteiger partial charge in [0.25, 0.3) is 0 Å². The Bertz CT molecular complexity index is 270. The number of halogens is 2. The van der Waals surface area contributed by atoms with E-state index in [1.807, 2.05) is 0 Å². The van der Waals surface area contributed by atoms with E-state index in [9.17, 15) is 0 Å². The third-order valence-electron chi connectivity index (χ3n) is 1.25. The monoisotopic (exact) mass is 298 g/mol. The average molecular weight is 299 g/mol. The largest absolute Gasteiger partial charge is 0.395 e. The molecule has 1 rings (SSSR count). The van der Waals surface area contributed by atoms with Crippen molar-refractivity contribution in [3.05, 3.63) is 21.0 Å². The van der Waals surface area contributed by atoms with Crippen LogP contribution in [0, 0.1) is 3.57 Å². The number of pyridine rings is 1. The van der Waals surface area contributed by atoms with Crippen molar-refractivity contribution in [3.63, 3.8) is 0 Å². The molecular formula is C7H8ClIN2O. The number of nitrogens with zero attached hydrogens (tertiary/aromatic N) is 1. The lowest BCUT2D eigenvalue weighted by molar-refractivity contribution is 0.311. The molecule has 0 saturated carbocycles. The van der Waals surface area contributed by atoms with E-state index < -0.39 is 0 Å². The van der Waals surface area contributed by atoms with Crippen molar-refractivity contribution in [2.75, 3.05) is 18.5 Å². The molecule has 1 aromatic heterocycles. The second kappa shape index (κ2) is 4.84. The molecule has 1 heterocycles. The minimum atomic E-state index is 0.110. The number of nitrogens with one attached hydrogen (secondary N) is 1. The van der Waals surface area contributed by atoms with Gasteiger partial charge in [0.2, 0.25) is 0 Å². The minimum absolute atomic E-state index is 0.110. The van der Waals surface area contributed by atoms with Crippen molar-refractivity contribution < 1.29 is 5.11 Å². The van der Waals surface area contributed by atoms with Crippen molar-refractivity contribution in [1.29, 1.82) is 0 Å². The molecule has 0 saturated heterocycles. The van der Waals surface area contributed by atoms with Gasteiger partial charge in [0.15, 0.2) is 0 Å². The zero-order valence-electron chi connectivity index (χ0n) is 6.22. The van der Waals surface area contributed by atoms with Crippen LogP contribution in [0.15, 0.2) is 12.3 Å². The summed E-state index contributed by atoms with van der Waals surface area (Å²) < 4.78 is 1.00. The first-order valence-electron chi connectivity index (χ1n) is 3.40. The van der Waals surface area contributed by atoms with E-state index in [4.69, 9.17) is 16.7 Å². The summed E-state index contributed by atoms with van der Waals surface area (Å²) in [6, 6.07) is 1.77. The van der Waals surface area contributed by atoms with E-state index in [1.54, 1.807) is 12.3 Å². The number of aromatic nitrogens is 1. The predicted molar refractivity (Wildman–Crippen MR) is 57.5 cm³/mol. The van der Waals surface area contributed by atoms with Gasteiger partial charge >= 0.3 is 0 Å². The fourth-order valence-corrected chi connectivity index (χ4v) is 1.70. The van der Waals surface area contributed by atoms with Gasteiger partial charge in [-0.2, -0.15) is 0 Å². The third kappa shape index (κ3) is 2.76. The van der Waals surface area contributed by atoms with Crippen LogP contribution in [0.5, 0.6) is 0 Å². The standard InChI is InChI=1S/C7H8ClIN2O/c8-7-3-5(9)6(4-11-7)10-1-2-12/h3-4,10,12H,1-2H2. The Balaban J connectivity index is 2.72. The molecule has 5 heteroatoms. The van der Waals surface area contributed by atoms with Gasteiger partial charge in [0, 0.05) is 10.1 Å². The summed E-state index contributed by atoms with van der Waals surface area (Å²) >= 11 is 7.82. The Labute approximate surface area is 89.3 Å². The Morgan fingerprint density at radius 3 is 3.00 bits per heavy atom. The molecule has 0 amide bonds. The fraction of sp³-hybridized carbons (Fsp3) is 0.286. The fourth-order valence-electron chi connectivity index (χ4n) is 0.728. The van der Waals surface area contributed by atoms with Gasteiger partial charge in [0.05, 0.1) is 18.5 Å². The highest BCUT2D eigenvalue weighted by molar-refractivity contribution is 14.1. The zero-order valence-corrected chi connectivity index (χ0v) is 9.13. The lowest BCUT2D eigenvalue weighted by Crippen LogP contribution is -2.06. The number of hydrogen-bond donors (Lipinski definition) is 2. The van der Waals surface area contributed by atoms with E-state index in [0.717, 1.165) is 9.26 Å². The van der Waals surface area contributed by atoms with E-state index in [0.29, 0.717) is 11.7 Å². The van der Waals surface area contributed by atoms with Crippen LogP contribution < -0.4 is 5.32 Å². The molecule has 0 radical (unpaired) electrons. The molecule has 0 spiro atoms. The topological polar surface area (TPSA) is 45.1 Å². The Morgan fingerprint density at radius 2 is 2.42 bits per heavy atom. The van der Waals surface area contributed by atoms with Crippen LogP contribution in [0.1, 0.15) is 0 Å². The van der Waals surface area contributed by atoms with Crippen LogP contribution in [0.25, 0.3) is 0 Å². The zero-order chi connectivity index (χ0) is 8.97. The first-order valence-corrected chi connectivity index (χ1v) is 4.85. The van der Waals surface area contributed by atoms with Crippen molar-refractivity contribution >= 4 is 39.9 Å². The van der Waals surface area contributed by atoms with Crippen molar-refractivity contribution in [1.82, 2.24) is 4.98 Å². The number of aliphatic hydroxyl groups is 1.